The lowest BCUT2D eigenvalue weighted by molar-refractivity contribution is 0.0748. The lowest BCUT2D eigenvalue weighted by atomic mass is 10.0. The van der Waals surface area contributed by atoms with Crippen molar-refractivity contribution < 1.29 is 4.79 Å². The number of piperazine rings is 1. The Hall–Kier alpha value is -3.47. The quantitative estimate of drug-likeness (QED) is 0.541. The fraction of sp³-hybridized carbons (Fsp3) is 0.174. The zero-order valence-corrected chi connectivity index (χ0v) is 15.5. The highest BCUT2D eigenvalue weighted by molar-refractivity contribution is 6.07. The molecule has 1 aliphatic heterocycles. The second kappa shape index (κ2) is 6.93. The van der Waals surface area contributed by atoms with Gasteiger partial charge in [-0.05, 0) is 29.0 Å². The number of anilines is 1. The van der Waals surface area contributed by atoms with Crippen LogP contribution < -0.4 is 4.90 Å². The van der Waals surface area contributed by atoms with E-state index >= 15 is 0 Å². The van der Waals surface area contributed by atoms with E-state index in [1.807, 2.05) is 77.8 Å². The van der Waals surface area contributed by atoms with Crippen molar-refractivity contribution in [1.29, 1.82) is 0 Å². The number of rotatable bonds is 2. The highest BCUT2D eigenvalue weighted by Crippen LogP contribution is 2.22. The third-order valence-electron chi connectivity index (χ3n) is 5.35. The molecule has 0 atom stereocenters. The van der Waals surface area contributed by atoms with E-state index in [9.17, 15) is 4.79 Å². The number of hydrogen-bond donors (Lipinski definition) is 0. The number of fused-ring (bicyclic) bond motifs is 2. The second-order valence-corrected chi connectivity index (χ2v) is 7.02. The van der Waals surface area contributed by atoms with Crippen LogP contribution in [-0.2, 0) is 0 Å². The number of para-hydroxylation sites is 2. The minimum Gasteiger partial charge on any atom is -0.352 e. The van der Waals surface area contributed by atoms with Crippen LogP contribution in [-0.4, -0.2) is 47.0 Å². The molecule has 0 aliphatic carbocycles. The summed E-state index contributed by atoms with van der Waals surface area (Å²) in [5.41, 5.74) is 2.57. The van der Waals surface area contributed by atoms with Crippen molar-refractivity contribution in [2.24, 2.45) is 0 Å². The van der Waals surface area contributed by atoms with Gasteiger partial charge in [0.25, 0.3) is 5.91 Å². The Labute approximate surface area is 163 Å². The van der Waals surface area contributed by atoms with Crippen LogP contribution >= 0.6 is 0 Å². The minimum absolute atomic E-state index is 0.0982. The van der Waals surface area contributed by atoms with Crippen molar-refractivity contribution in [1.82, 2.24) is 14.9 Å². The standard InChI is InChI=1S/C23H20N4O/c28-23(19-9-5-7-17-6-1-2-8-18(17)19)27-14-12-26(13-15-27)22-16-24-20-10-3-4-11-21(20)25-22/h1-11,16H,12-15H2. The van der Waals surface area contributed by atoms with E-state index in [0.29, 0.717) is 13.1 Å². The lowest BCUT2D eigenvalue weighted by Crippen LogP contribution is -2.49. The first kappa shape index (κ1) is 16.7. The molecule has 0 bridgehead atoms. The predicted molar refractivity (Wildman–Crippen MR) is 112 cm³/mol. The number of benzene rings is 3. The van der Waals surface area contributed by atoms with Crippen LogP contribution in [0.4, 0.5) is 5.82 Å². The SMILES string of the molecule is O=C(c1cccc2ccccc12)N1CCN(c2cnc3ccccc3n2)CC1. The molecule has 2 heterocycles. The molecule has 1 saturated heterocycles. The van der Waals surface area contributed by atoms with Crippen LogP contribution in [0, 0.1) is 0 Å². The zero-order chi connectivity index (χ0) is 18.9. The average molecular weight is 368 g/mol. The van der Waals surface area contributed by atoms with Crippen molar-refractivity contribution in [3.05, 3.63) is 78.5 Å². The largest absolute Gasteiger partial charge is 0.352 e. The maximum atomic E-state index is 13.1. The molecule has 3 aromatic carbocycles. The summed E-state index contributed by atoms with van der Waals surface area (Å²) in [7, 11) is 0. The van der Waals surface area contributed by atoms with E-state index in [1.165, 1.54) is 0 Å². The number of hydrogen-bond acceptors (Lipinski definition) is 4. The topological polar surface area (TPSA) is 49.3 Å². The Kier molecular flexibility index (Phi) is 4.13. The van der Waals surface area contributed by atoms with Gasteiger partial charge in [-0.25, -0.2) is 4.98 Å². The smallest absolute Gasteiger partial charge is 0.254 e. The summed E-state index contributed by atoms with van der Waals surface area (Å²) >= 11 is 0. The van der Waals surface area contributed by atoms with Gasteiger partial charge in [-0.15, -0.1) is 0 Å². The molecular weight excluding hydrogens is 348 g/mol. The van der Waals surface area contributed by atoms with E-state index < -0.39 is 0 Å². The number of aromatic nitrogens is 2. The molecule has 5 nitrogen and oxygen atoms in total. The third kappa shape index (κ3) is 2.95. The molecule has 0 N–H and O–H groups in total. The normalized spacial score (nSPS) is 14.6. The van der Waals surface area contributed by atoms with Crippen LogP contribution in [0.2, 0.25) is 0 Å². The van der Waals surface area contributed by atoms with Gasteiger partial charge in [-0.2, -0.15) is 0 Å². The maximum absolute atomic E-state index is 13.1. The molecule has 28 heavy (non-hydrogen) atoms. The molecule has 0 saturated carbocycles. The average Bonchev–Trinajstić information content (AvgIpc) is 2.78. The third-order valence-corrected chi connectivity index (χ3v) is 5.35. The van der Waals surface area contributed by atoms with Crippen molar-refractivity contribution in [2.75, 3.05) is 31.1 Å². The molecule has 138 valence electrons. The highest BCUT2D eigenvalue weighted by Gasteiger charge is 2.24. The van der Waals surface area contributed by atoms with Crippen molar-refractivity contribution in [3.8, 4) is 0 Å². The number of carbonyl (C=O) groups excluding carboxylic acids is 1. The van der Waals surface area contributed by atoms with Crippen LogP contribution in [0.25, 0.3) is 21.8 Å². The van der Waals surface area contributed by atoms with Gasteiger partial charge in [0.2, 0.25) is 0 Å². The fourth-order valence-corrected chi connectivity index (χ4v) is 3.82. The molecule has 0 spiro atoms. The zero-order valence-electron chi connectivity index (χ0n) is 15.5. The van der Waals surface area contributed by atoms with Gasteiger partial charge in [0.15, 0.2) is 0 Å². The number of carbonyl (C=O) groups is 1. The van der Waals surface area contributed by atoms with Gasteiger partial charge in [-0.3, -0.25) is 9.78 Å². The molecule has 0 radical (unpaired) electrons. The Bertz CT molecular complexity index is 1160. The predicted octanol–water partition coefficient (Wildman–Crippen LogP) is 3.75. The first-order valence-electron chi connectivity index (χ1n) is 9.53. The summed E-state index contributed by atoms with van der Waals surface area (Å²) in [4.78, 5) is 26.5. The summed E-state index contributed by atoms with van der Waals surface area (Å²) < 4.78 is 0. The van der Waals surface area contributed by atoms with Crippen LogP contribution in [0.1, 0.15) is 10.4 Å². The second-order valence-electron chi connectivity index (χ2n) is 7.02. The summed E-state index contributed by atoms with van der Waals surface area (Å²) in [6.45, 7) is 2.86. The number of nitrogens with zero attached hydrogens (tertiary/aromatic N) is 4. The molecular formula is C23H20N4O. The minimum atomic E-state index is 0.0982. The molecule has 1 aromatic heterocycles. The Morgan fingerprint density at radius 2 is 1.50 bits per heavy atom. The Balaban J connectivity index is 1.34. The summed E-state index contributed by atoms with van der Waals surface area (Å²) in [6, 6.07) is 21.8. The van der Waals surface area contributed by atoms with Crippen molar-refractivity contribution in [3.63, 3.8) is 0 Å². The van der Waals surface area contributed by atoms with E-state index in [2.05, 4.69) is 9.88 Å². The van der Waals surface area contributed by atoms with E-state index in [1.54, 1.807) is 0 Å². The van der Waals surface area contributed by atoms with E-state index in [4.69, 9.17) is 4.98 Å². The van der Waals surface area contributed by atoms with Gasteiger partial charge in [0.1, 0.15) is 5.82 Å². The monoisotopic (exact) mass is 368 g/mol. The van der Waals surface area contributed by atoms with Crippen LogP contribution in [0.3, 0.4) is 0 Å². The van der Waals surface area contributed by atoms with Crippen molar-refractivity contribution >= 4 is 33.5 Å². The molecule has 1 amide bonds. The fourth-order valence-electron chi connectivity index (χ4n) is 3.82. The Morgan fingerprint density at radius 3 is 2.36 bits per heavy atom. The molecule has 0 unspecified atom stereocenters. The molecule has 5 heteroatoms. The van der Waals surface area contributed by atoms with Gasteiger partial charge in [0.05, 0.1) is 17.2 Å². The molecule has 5 rings (SSSR count). The lowest BCUT2D eigenvalue weighted by Gasteiger charge is -2.35. The van der Waals surface area contributed by atoms with Gasteiger partial charge >= 0.3 is 0 Å². The van der Waals surface area contributed by atoms with E-state index in [-0.39, 0.29) is 5.91 Å². The molecule has 1 aliphatic rings. The van der Waals surface area contributed by atoms with Gasteiger partial charge in [0, 0.05) is 31.7 Å². The summed E-state index contributed by atoms with van der Waals surface area (Å²) in [6.07, 6.45) is 1.82. The van der Waals surface area contributed by atoms with Crippen LogP contribution in [0.15, 0.2) is 72.9 Å². The molecule has 4 aromatic rings. The first-order chi connectivity index (χ1) is 13.8. The maximum Gasteiger partial charge on any atom is 0.254 e. The van der Waals surface area contributed by atoms with Gasteiger partial charge in [-0.1, -0.05) is 48.5 Å². The summed E-state index contributed by atoms with van der Waals surface area (Å²) in [5.74, 6) is 0.969. The van der Waals surface area contributed by atoms with Gasteiger partial charge < -0.3 is 9.80 Å². The first-order valence-corrected chi connectivity index (χ1v) is 9.53. The van der Waals surface area contributed by atoms with Crippen molar-refractivity contribution in [2.45, 2.75) is 0 Å². The van der Waals surface area contributed by atoms with Crippen LogP contribution in [0.5, 0.6) is 0 Å². The highest BCUT2D eigenvalue weighted by atomic mass is 16.2. The van der Waals surface area contributed by atoms with E-state index in [0.717, 1.165) is 46.3 Å². The summed E-state index contributed by atoms with van der Waals surface area (Å²) in [5, 5.41) is 2.11. The Morgan fingerprint density at radius 1 is 0.786 bits per heavy atom. The molecule has 1 fully saturated rings. The number of amides is 1.